The molecule has 0 N–H and O–H groups in total. The molecule has 0 aromatic rings. The number of hydrogen-bond acceptors (Lipinski definition) is 4. The van der Waals surface area contributed by atoms with Crippen LogP contribution in [0.15, 0.2) is 0 Å². The fraction of sp³-hybridized carbons (Fsp3) is 0. The van der Waals surface area contributed by atoms with E-state index in [1.165, 1.54) is 0 Å². The molecule has 0 amide bonds. The maximum atomic E-state index is 8.61. The quantitative estimate of drug-likeness (QED) is 0.373. The SMILES string of the molecule is O=[As]([O-])([O-])[O-].[O-2].[V+5]. The van der Waals surface area contributed by atoms with Crippen LogP contribution >= 0.6 is 0 Å². The Labute approximate surface area is 54.9 Å². The van der Waals surface area contributed by atoms with Gasteiger partial charge in [0.25, 0.3) is 0 Å². The van der Waals surface area contributed by atoms with Gasteiger partial charge in [-0.2, -0.15) is 0 Å². The van der Waals surface area contributed by atoms with E-state index in [1.807, 2.05) is 0 Å². The number of hydrogen-bond donors (Lipinski definition) is 0. The Bertz CT molecular complexity index is 54.2. The molecular formula is AsO5V. The standard InChI is InChI=1S/AsH3O4.O.V/c2-1(3,4)5;;/h(H3,2,3,4,5);;/q;-2;+5/p-3. The largest absolute Gasteiger partial charge is 5.00 e. The van der Waals surface area contributed by atoms with Crippen LogP contribution in [0.1, 0.15) is 0 Å². The van der Waals surface area contributed by atoms with E-state index in [4.69, 9.17) is 16.0 Å². The van der Waals surface area contributed by atoms with E-state index in [-0.39, 0.29) is 24.0 Å². The summed E-state index contributed by atoms with van der Waals surface area (Å²) < 4.78 is 34.4. The molecule has 0 aromatic heterocycles. The normalized spacial score (nSPS) is 8.43. The van der Waals surface area contributed by atoms with Crippen molar-refractivity contribution < 1.29 is 40.1 Å². The molecule has 0 unspecified atom stereocenters. The van der Waals surface area contributed by atoms with E-state index in [1.54, 1.807) is 0 Å². The molecule has 0 aliphatic heterocycles. The minimum absolute atomic E-state index is 0. The third-order valence-electron chi connectivity index (χ3n) is 0. The molecule has 0 saturated heterocycles. The van der Waals surface area contributed by atoms with Gasteiger partial charge in [-0.05, 0) is 0 Å². The van der Waals surface area contributed by atoms with Gasteiger partial charge in [0.15, 0.2) is 0 Å². The molecule has 0 aromatic carbocycles. The Morgan fingerprint density at radius 3 is 1.14 bits per heavy atom. The first-order valence-corrected chi connectivity index (χ1v) is 3.79. The van der Waals surface area contributed by atoms with Gasteiger partial charge in [-0.25, -0.2) is 0 Å². The molecule has 40 valence electrons. The fourth-order valence-electron chi connectivity index (χ4n) is 0. The second-order valence-electron chi connectivity index (χ2n) is 0.447. The van der Waals surface area contributed by atoms with Crippen LogP contribution in [0.2, 0.25) is 0 Å². The van der Waals surface area contributed by atoms with Crippen LogP contribution in [0.5, 0.6) is 0 Å². The number of rotatable bonds is 0. The van der Waals surface area contributed by atoms with Crippen molar-refractivity contribution in [3.63, 3.8) is 0 Å². The molecule has 0 atom stereocenters. The zero-order chi connectivity index (χ0) is 4.50. The Morgan fingerprint density at radius 2 is 1.14 bits per heavy atom. The predicted octanol–water partition coefficient (Wildman–Crippen LogP) is -4.19. The van der Waals surface area contributed by atoms with E-state index in [0.717, 1.165) is 0 Å². The Balaban J connectivity index is -0.0000000800. The molecule has 0 fully saturated rings. The van der Waals surface area contributed by atoms with Gasteiger partial charge in [-0.3, -0.25) is 0 Å². The van der Waals surface area contributed by atoms with E-state index in [9.17, 15) is 0 Å². The molecule has 0 heterocycles. The molecule has 7 heavy (non-hydrogen) atoms. The van der Waals surface area contributed by atoms with Gasteiger partial charge in [0.1, 0.15) is 0 Å². The monoisotopic (exact) mass is 206 g/mol. The molecule has 0 saturated carbocycles. The molecular weight excluding hydrogens is 206 g/mol. The van der Waals surface area contributed by atoms with Crippen LogP contribution < -0.4 is 12.3 Å². The van der Waals surface area contributed by atoms with Crippen LogP contribution in [-0.2, 0) is 27.8 Å². The smallest absolute Gasteiger partial charge is 2.00 e. The van der Waals surface area contributed by atoms with Crippen LogP contribution in [-0.4, -0.2) is 14.5 Å². The van der Waals surface area contributed by atoms with Crippen molar-refractivity contribution in [3.8, 4) is 0 Å². The van der Waals surface area contributed by atoms with Crippen molar-refractivity contribution in [2.45, 2.75) is 0 Å². The zero-order valence-corrected chi connectivity index (χ0v) is 6.21. The first-order chi connectivity index (χ1) is 2.00. The summed E-state index contributed by atoms with van der Waals surface area (Å²) in [5.74, 6) is 0. The molecule has 0 aliphatic carbocycles. The summed E-state index contributed by atoms with van der Waals surface area (Å²) in [6.45, 7) is 0. The third-order valence-corrected chi connectivity index (χ3v) is 0. The van der Waals surface area contributed by atoms with Gasteiger partial charge in [0.05, 0.1) is 0 Å². The summed E-state index contributed by atoms with van der Waals surface area (Å²) in [7, 11) is 0. The van der Waals surface area contributed by atoms with Gasteiger partial charge in [-0.1, -0.05) is 0 Å². The first kappa shape index (κ1) is 15.7. The van der Waals surface area contributed by atoms with Gasteiger partial charge in [-0.15, -0.1) is 0 Å². The predicted molar refractivity (Wildman–Crippen MR) is 7.13 cm³/mol. The first-order valence-electron chi connectivity index (χ1n) is 0.730. The second-order valence-corrected chi connectivity index (χ2v) is 2.32. The fourth-order valence-corrected chi connectivity index (χ4v) is 0. The van der Waals surface area contributed by atoms with Crippen LogP contribution in [0.4, 0.5) is 0 Å². The van der Waals surface area contributed by atoms with Gasteiger partial charge in [0.2, 0.25) is 0 Å². The van der Waals surface area contributed by atoms with E-state index < -0.39 is 14.5 Å². The van der Waals surface area contributed by atoms with Crippen molar-refractivity contribution in [2.75, 3.05) is 0 Å². The zero-order valence-electron chi connectivity index (χ0n) is 2.94. The Morgan fingerprint density at radius 1 is 1.14 bits per heavy atom. The second kappa shape index (κ2) is 4.93. The summed E-state index contributed by atoms with van der Waals surface area (Å²) in [4.78, 5) is 0. The van der Waals surface area contributed by atoms with Gasteiger partial charge < -0.3 is 5.48 Å². The summed E-state index contributed by atoms with van der Waals surface area (Å²) >= 11 is -5.88. The molecule has 7 heteroatoms. The Hall–Kier alpha value is 0.783. The topological polar surface area (TPSA) is 115 Å². The van der Waals surface area contributed by atoms with Gasteiger partial charge in [0, 0.05) is 0 Å². The molecule has 0 bridgehead atoms. The van der Waals surface area contributed by atoms with Gasteiger partial charge >= 0.3 is 49.1 Å². The molecule has 0 radical (unpaired) electrons. The summed E-state index contributed by atoms with van der Waals surface area (Å²) in [5.41, 5.74) is 0. The van der Waals surface area contributed by atoms with E-state index >= 15 is 0 Å². The third kappa shape index (κ3) is 253. The maximum Gasteiger partial charge on any atom is 5.00 e. The maximum absolute atomic E-state index is 8.61. The minimum Gasteiger partial charge on any atom is -2.00 e. The summed E-state index contributed by atoms with van der Waals surface area (Å²) in [6, 6.07) is 0. The Kier molecular flexibility index (Phi) is 11.0. The minimum atomic E-state index is -5.88. The van der Waals surface area contributed by atoms with Crippen LogP contribution in [0.25, 0.3) is 0 Å². The average molecular weight is 206 g/mol. The van der Waals surface area contributed by atoms with Crippen molar-refractivity contribution in [1.82, 2.24) is 0 Å². The molecule has 5 nitrogen and oxygen atoms in total. The molecule has 0 aliphatic rings. The van der Waals surface area contributed by atoms with Crippen LogP contribution in [0.3, 0.4) is 0 Å². The summed E-state index contributed by atoms with van der Waals surface area (Å²) in [6.07, 6.45) is 0. The van der Waals surface area contributed by atoms with Crippen molar-refractivity contribution >= 4 is 14.5 Å². The molecule has 0 spiro atoms. The van der Waals surface area contributed by atoms with E-state index in [0.29, 0.717) is 0 Å². The average Bonchev–Trinajstić information content (AvgIpc) is 0.722. The van der Waals surface area contributed by atoms with Crippen molar-refractivity contribution in [1.29, 1.82) is 0 Å². The van der Waals surface area contributed by atoms with Crippen molar-refractivity contribution in [2.24, 2.45) is 0 Å². The van der Waals surface area contributed by atoms with Crippen LogP contribution in [0, 0.1) is 0 Å². The van der Waals surface area contributed by atoms with E-state index in [2.05, 4.69) is 0 Å². The van der Waals surface area contributed by atoms with Crippen molar-refractivity contribution in [3.05, 3.63) is 0 Å². The molecule has 0 rings (SSSR count). The summed E-state index contributed by atoms with van der Waals surface area (Å²) in [5, 5.41) is 0.